The average Bonchev–Trinajstić information content (AvgIpc) is 2.66. The van der Waals surface area contributed by atoms with Gasteiger partial charge in [0.05, 0.1) is 0 Å². The molecule has 0 atom stereocenters. The summed E-state index contributed by atoms with van der Waals surface area (Å²) in [6.45, 7) is 29.3. The van der Waals surface area contributed by atoms with Crippen LogP contribution in [0, 0.1) is 0 Å². The van der Waals surface area contributed by atoms with Crippen molar-refractivity contribution in [3.8, 4) is 0 Å². The Morgan fingerprint density at radius 1 is 0.529 bits per heavy atom. The Morgan fingerprint density at radius 3 is 0.882 bits per heavy atom. The molecule has 0 spiro atoms. The molecule has 0 bridgehead atoms. The van der Waals surface area contributed by atoms with Gasteiger partial charge in [0.25, 0.3) is 0 Å². The highest BCUT2D eigenvalue weighted by molar-refractivity contribution is 6.06. The molecule has 0 heterocycles. The summed E-state index contributed by atoms with van der Waals surface area (Å²) in [4.78, 5) is 11.5. The lowest BCUT2D eigenvalue weighted by Gasteiger charge is -2.32. The minimum absolute atomic E-state index is 0.185. The molecule has 0 fully saturated rings. The van der Waals surface area contributed by atoms with Gasteiger partial charge in [-0.05, 0) is 87.5 Å². The Morgan fingerprint density at radius 2 is 0.735 bits per heavy atom. The first kappa shape index (κ1) is 29.8. The lowest BCUT2D eigenvalue weighted by molar-refractivity contribution is 0.000484. The van der Waals surface area contributed by atoms with Gasteiger partial charge in [0, 0.05) is 11.1 Å². The van der Waals surface area contributed by atoms with Crippen LogP contribution in [-0.2, 0) is 9.68 Å². The van der Waals surface area contributed by atoms with Gasteiger partial charge >= 0.3 is 0 Å². The monoisotopic (exact) mass is 474 g/mol. The number of nitrogens with two attached hydrogens (primary N) is 2. The fourth-order valence-corrected chi connectivity index (χ4v) is 4.24. The number of nitrogens with zero attached hydrogens (tertiary/aromatic N) is 2. The highest BCUT2D eigenvalue weighted by Gasteiger charge is 2.32. The molecule has 34 heavy (non-hydrogen) atoms. The van der Waals surface area contributed by atoms with Crippen molar-refractivity contribution in [2.45, 2.75) is 132 Å². The van der Waals surface area contributed by atoms with Crippen molar-refractivity contribution in [2.75, 3.05) is 0 Å². The van der Waals surface area contributed by atoms with E-state index in [1.807, 2.05) is 41.5 Å². The van der Waals surface area contributed by atoms with Crippen molar-refractivity contribution in [1.29, 1.82) is 0 Å². The molecule has 0 aromatic heterocycles. The van der Waals surface area contributed by atoms with Crippen molar-refractivity contribution < 1.29 is 9.68 Å². The number of hydrogen-bond donors (Lipinski definition) is 2. The fourth-order valence-electron chi connectivity index (χ4n) is 4.24. The Kier molecular flexibility index (Phi) is 9.64. The second-order valence-electron chi connectivity index (χ2n) is 12.4. The average molecular weight is 475 g/mol. The van der Waals surface area contributed by atoms with Crippen molar-refractivity contribution in [1.82, 2.24) is 0 Å². The third-order valence-corrected chi connectivity index (χ3v) is 5.32. The molecule has 4 N–H and O–H groups in total. The van der Waals surface area contributed by atoms with Gasteiger partial charge in [0.1, 0.15) is 11.2 Å². The van der Waals surface area contributed by atoms with Crippen LogP contribution in [0.5, 0.6) is 0 Å². The molecule has 1 rings (SSSR count). The molecule has 1 aromatic rings. The van der Waals surface area contributed by atoms with E-state index in [-0.39, 0.29) is 23.7 Å². The van der Waals surface area contributed by atoms with Gasteiger partial charge in [0.2, 0.25) is 0 Å². The van der Waals surface area contributed by atoms with Crippen LogP contribution in [0.1, 0.15) is 154 Å². The predicted molar refractivity (Wildman–Crippen MR) is 146 cm³/mol. The van der Waals surface area contributed by atoms with E-state index in [1.165, 1.54) is 0 Å². The van der Waals surface area contributed by atoms with E-state index in [2.05, 4.69) is 65.7 Å². The number of benzene rings is 1. The van der Waals surface area contributed by atoms with Crippen LogP contribution in [-0.4, -0.2) is 22.9 Å². The maximum absolute atomic E-state index is 6.70. The Balaban J connectivity index is 4.32. The second kappa shape index (κ2) is 11.0. The molecule has 0 saturated carbocycles. The number of amidine groups is 2. The van der Waals surface area contributed by atoms with Gasteiger partial charge in [-0.1, -0.05) is 65.7 Å². The second-order valence-corrected chi connectivity index (χ2v) is 12.4. The summed E-state index contributed by atoms with van der Waals surface area (Å²) in [6, 6.07) is 0. The van der Waals surface area contributed by atoms with Gasteiger partial charge in [-0.2, -0.15) is 0 Å². The van der Waals surface area contributed by atoms with E-state index >= 15 is 0 Å². The van der Waals surface area contributed by atoms with Crippen molar-refractivity contribution in [3.05, 3.63) is 33.4 Å². The smallest absolute Gasteiger partial charge is 0.170 e. The molecule has 0 saturated heterocycles. The first-order valence-corrected chi connectivity index (χ1v) is 12.6. The Labute approximate surface area is 208 Å². The lowest BCUT2D eigenvalue weighted by Crippen LogP contribution is -2.30. The third-order valence-electron chi connectivity index (χ3n) is 5.32. The fraction of sp³-hybridized carbons (Fsp3) is 0.714. The predicted octanol–water partition coefficient (Wildman–Crippen LogP) is 7.05. The first-order valence-electron chi connectivity index (χ1n) is 12.6. The van der Waals surface area contributed by atoms with Gasteiger partial charge in [-0.3, -0.25) is 0 Å². The van der Waals surface area contributed by atoms with Crippen LogP contribution in [0.4, 0.5) is 0 Å². The van der Waals surface area contributed by atoms with Gasteiger partial charge in [0.15, 0.2) is 11.7 Å². The van der Waals surface area contributed by atoms with Crippen molar-refractivity contribution in [3.63, 3.8) is 0 Å². The summed E-state index contributed by atoms with van der Waals surface area (Å²) in [6.07, 6.45) is 0. The van der Waals surface area contributed by atoms with E-state index in [1.54, 1.807) is 0 Å². The number of rotatable bonds is 8. The Hall–Kier alpha value is -2.24. The summed E-state index contributed by atoms with van der Waals surface area (Å²) < 4.78 is 0. The zero-order valence-electron chi connectivity index (χ0n) is 24.2. The van der Waals surface area contributed by atoms with Gasteiger partial charge in [-0.15, -0.1) is 0 Å². The molecule has 0 radical (unpaired) electrons. The van der Waals surface area contributed by atoms with Crippen LogP contribution < -0.4 is 11.5 Å². The highest BCUT2D eigenvalue weighted by Crippen LogP contribution is 2.42. The van der Waals surface area contributed by atoms with E-state index in [9.17, 15) is 0 Å². The normalized spacial score (nSPS) is 14.1. The van der Waals surface area contributed by atoms with E-state index in [0.29, 0.717) is 11.7 Å². The van der Waals surface area contributed by atoms with Crippen molar-refractivity contribution >= 4 is 11.7 Å². The standard InChI is InChI=1S/C28H50N4O2/c1-15(2)19-20(16(3)4)24(26(30)32-34-28(12,13)14)22(18(7)8)21(17(5)6)23(19)25(29)31-33-27(9,10)11/h15-18H,1-14H3,(H2,29,31)(H2,30,32). The summed E-state index contributed by atoms with van der Waals surface area (Å²) in [5.41, 5.74) is 19.0. The zero-order valence-corrected chi connectivity index (χ0v) is 24.2. The topological polar surface area (TPSA) is 95.2 Å². The number of oxime groups is 2. The first-order chi connectivity index (χ1) is 15.3. The van der Waals surface area contributed by atoms with Crippen LogP contribution in [0.3, 0.4) is 0 Å². The van der Waals surface area contributed by atoms with Crippen LogP contribution in [0.15, 0.2) is 10.3 Å². The molecule has 6 nitrogen and oxygen atoms in total. The van der Waals surface area contributed by atoms with Crippen LogP contribution in [0.25, 0.3) is 0 Å². The molecular formula is C28H50N4O2. The summed E-state index contributed by atoms with van der Waals surface area (Å²) in [5.74, 6) is 1.54. The zero-order chi connectivity index (χ0) is 26.8. The highest BCUT2D eigenvalue weighted by atomic mass is 16.7. The van der Waals surface area contributed by atoms with Crippen LogP contribution >= 0.6 is 0 Å². The quantitative estimate of drug-likeness (QED) is 0.240. The summed E-state index contributed by atoms with van der Waals surface area (Å²) >= 11 is 0. The molecular weight excluding hydrogens is 424 g/mol. The molecule has 0 aliphatic carbocycles. The minimum atomic E-state index is -0.441. The van der Waals surface area contributed by atoms with Gasteiger partial charge < -0.3 is 21.1 Å². The maximum Gasteiger partial charge on any atom is 0.170 e. The summed E-state index contributed by atoms with van der Waals surface area (Å²) in [7, 11) is 0. The molecule has 6 heteroatoms. The number of hydrogen-bond acceptors (Lipinski definition) is 4. The van der Waals surface area contributed by atoms with Gasteiger partial charge in [-0.25, -0.2) is 0 Å². The molecule has 0 unspecified atom stereocenters. The molecule has 0 aliphatic heterocycles. The lowest BCUT2D eigenvalue weighted by atomic mass is 9.73. The summed E-state index contributed by atoms with van der Waals surface area (Å²) in [5, 5.41) is 8.81. The molecule has 1 aromatic carbocycles. The minimum Gasteiger partial charge on any atom is -0.388 e. The van der Waals surface area contributed by atoms with Crippen molar-refractivity contribution in [2.24, 2.45) is 21.8 Å². The molecule has 0 amide bonds. The van der Waals surface area contributed by atoms with E-state index in [0.717, 1.165) is 33.4 Å². The van der Waals surface area contributed by atoms with E-state index in [4.69, 9.17) is 21.1 Å². The third kappa shape index (κ3) is 7.38. The largest absolute Gasteiger partial charge is 0.388 e. The molecule has 0 aliphatic rings. The van der Waals surface area contributed by atoms with E-state index < -0.39 is 11.2 Å². The maximum atomic E-state index is 6.70. The van der Waals surface area contributed by atoms with Crippen LogP contribution in [0.2, 0.25) is 0 Å². The SMILES string of the molecule is CC(C)c1c(/C(N)=N/OC(C)(C)C)c(C(C)C)c(C(C)C)c(/C(N)=N/OC(C)(C)C)c1C(C)C. The Bertz CT molecular complexity index is 796. The molecule has 194 valence electrons.